The van der Waals surface area contributed by atoms with Crippen molar-refractivity contribution in [1.82, 2.24) is 10.6 Å². The maximum atomic E-state index is 11.5. The molecule has 0 aliphatic carbocycles. The molecule has 0 saturated carbocycles. The summed E-state index contributed by atoms with van der Waals surface area (Å²) in [6, 6.07) is 8.81. The van der Waals surface area contributed by atoms with Gasteiger partial charge in [0.1, 0.15) is 6.04 Å². The molecule has 2 atom stereocenters. The van der Waals surface area contributed by atoms with Crippen LogP contribution in [0.2, 0.25) is 0 Å². The molecule has 0 radical (unpaired) electrons. The number of carbonyl (C=O) groups excluding carboxylic acids is 1. The first-order valence-electron chi connectivity index (χ1n) is 6.86. The standard InChI is InChI=1S/C15H22N2O3/c1-3-13(14(18)19)17-15(20)16-10-9-11(2)12-7-5-4-6-8-12/h4-8,11,13H,3,9-10H2,1-2H3,(H,18,19)(H2,16,17,20)/t11?,13-/m1/s1. The molecule has 1 unspecified atom stereocenters. The van der Waals surface area contributed by atoms with Crippen LogP contribution in [0.5, 0.6) is 0 Å². The van der Waals surface area contributed by atoms with Gasteiger partial charge in [-0.1, -0.05) is 44.2 Å². The summed E-state index contributed by atoms with van der Waals surface area (Å²) >= 11 is 0. The average molecular weight is 278 g/mol. The van der Waals surface area contributed by atoms with Crippen LogP contribution in [0.15, 0.2) is 30.3 Å². The van der Waals surface area contributed by atoms with Crippen molar-refractivity contribution < 1.29 is 14.7 Å². The summed E-state index contributed by atoms with van der Waals surface area (Å²) < 4.78 is 0. The van der Waals surface area contributed by atoms with Crippen LogP contribution in [-0.2, 0) is 4.79 Å². The lowest BCUT2D eigenvalue weighted by Crippen LogP contribution is -2.45. The van der Waals surface area contributed by atoms with Gasteiger partial charge in [-0.25, -0.2) is 9.59 Å². The van der Waals surface area contributed by atoms with E-state index in [0.717, 1.165) is 6.42 Å². The van der Waals surface area contributed by atoms with Gasteiger partial charge in [0.05, 0.1) is 0 Å². The van der Waals surface area contributed by atoms with E-state index in [1.807, 2.05) is 18.2 Å². The summed E-state index contributed by atoms with van der Waals surface area (Å²) in [6.07, 6.45) is 1.17. The zero-order valence-electron chi connectivity index (χ0n) is 11.9. The zero-order valence-corrected chi connectivity index (χ0v) is 11.9. The van der Waals surface area contributed by atoms with Crippen molar-refractivity contribution in [2.75, 3.05) is 6.54 Å². The fourth-order valence-corrected chi connectivity index (χ4v) is 1.90. The van der Waals surface area contributed by atoms with Crippen molar-refractivity contribution >= 4 is 12.0 Å². The Balaban J connectivity index is 2.30. The zero-order chi connectivity index (χ0) is 15.0. The molecule has 5 nitrogen and oxygen atoms in total. The summed E-state index contributed by atoms with van der Waals surface area (Å²) in [5, 5.41) is 14.0. The van der Waals surface area contributed by atoms with Crippen molar-refractivity contribution in [3.05, 3.63) is 35.9 Å². The van der Waals surface area contributed by atoms with E-state index in [-0.39, 0.29) is 0 Å². The minimum atomic E-state index is -1.01. The summed E-state index contributed by atoms with van der Waals surface area (Å²) in [7, 11) is 0. The average Bonchev–Trinajstić information content (AvgIpc) is 2.45. The Morgan fingerprint density at radius 3 is 2.45 bits per heavy atom. The highest BCUT2D eigenvalue weighted by Crippen LogP contribution is 2.17. The van der Waals surface area contributed by atoms with E-state index in [0.29, 0.717) is 18.9 Å². The number of rotatable bonds is 7. The molecule has 5 heteroatoms. The highest BCUT2D eigenvalue weighted by Gasteiger charge is 2.17. The van der Waals surface area contributed by atoms with E-state index < -0.39 is 18.0 Å². The van der Waals surface area contributed by atoms with E-state index in [1.54, 1.807) is 6.92 Å². The molecule has 3 N–H and O–H groups in total. The van der Waals surface area contributed by atoms with Crippen molar-refractivity contribution in [2.45, 2.75) is 38.6 Å². The highest BCUT2D eigenvalue weighted by atomic mass is 16.4. The summed E-state index contributed by atoms with van der Waals surface area (Å²) in [4.78, 5) is 22.3. The Morgan fingerprint density at radius 1 is 1.25 bits per heavy atom. The second-order valence-electron chi connectivity index (χ2n) is 4.80. The Kier molecular flexibility index (Phi) is 6.56. The van der Waals surface area contributed by atoms with Crippen LogP contribution >= 0.6 is 0 Å². The van der Waals surface area contributed by atoms with Crippen LogP contribution in [-0.4, -0.2) is 29.7 Å². The third-order valence-corrected chi connectivity index (χ3v) is 3.24. The molecule has 0 aliphatic heterocycles. The Hall–Kier alpha value is -2.04. The first kappa shape index (κ1) is 16.0. The van der Waals surface area contributed by atoms with Gasteiger partial charge in [-0.05, 0) is 24.3 Å². The van der Waals surface area contributed by atoms with Crippen molar-refractivity contribution in [1.29, 1.82) is 0 Å². The third kappa shape index (κ3) is 5.30. The topological polar surface area (TPSA) is 78.4 Å². The van der Waals surface area contributed by atoms with Crippen LogP contribution in [0.1, 0.15) is 38.2 Å². The third-order valence-electron chi connectivity index (χ3n) is 3.24. The molecule has 1 aromatic rings. The lowest BCUT2D eigenvalue weighted by molar-refractivity contribution is -0.139. The fraction of sp³-hybridized carbons (Fsp3) is 0.467. The predicted octanol–water partition coefficient (Wildman–Crippen LogP) is 2.34. The molecule has 0 bridgehead atoms. The molecule has 0 spiro atoms. The fourth-order valence-electron chi connectivity index (χ4n) is 1.90. The van der Waals surface area contributed by atoms with Gasteiger partial charge in [0, 0.05) is 6.54 Å². The number of benzene rings is 1. The number of hydrogen-bond acceptors (Lipinski definition) is 2. The van der Waals surface area contributed by atoms with Gasteiger partial charge in [0.2, 0.25) is 0 Å². The van der Waals surface area contributed by atoms with Crippen molar-refractivity contribution in [3.8, 4) is 0 Å². The maximum absolute atomic E-state index is 11.5. The second-order valence-corrected chi connectivity index (χ2v) is 4.80. The smallest absolute Gasteiger partial charge is 0.326 e. The van der Waals surface area contributed by atoms with Gasteiger partial charge < -0.3 is 15.7 Å². The number of carbonyl (C=O) groups is 2. The van der Waals surface area contributed by atoms with E-state index in [4.69, 9.17) is 5.11 Å². The molecule has 0 aromatic heterocycles. The minimum Gasteiger partial charge on any atom is -0.480 e. The number of carboxylic acid groups (broad SMARTS) is 1. The number of urea groups is 1. The van der Waals surface area contributed by atoms with Gasteiger partial charge in [-0.2, -0.15) is 0 Å². The SMILES string of the molecule is CC[C@@H](NC(=O)NCCC(C)c1ccccc1)C(=O)O. The predicted molar refractivity (Wildman–Crippen MR) is 77.7 cm³/mol. The van der Waals surface area contributed by atoms with E-state index >= 15 is 0 Å². The number of carboxylic acids is 1. The Bertz CT molecular complexity index is 434. The van der Waals surface area contributed by atoms with E-state index in [2.05, 4.69) is 29.7 Å². The highest BCUT2D eigenvalue weighted by molar-refractivity contribution is 5.82. The second kappa shape index (κ2) is 8.19. The van der Waals surface area contributed by atoms with E-state index in [9.17, 15) is 9.59 Å². The lowest BCUT2D eigenvalue weighted by atomic mass is 9.98. The van der Waals surface area contributed by atoms with Crippen molar-refractivity contribution in [3.63, 3.8) is 0 Å². The molecule has 0 heterocycles. The van der Waals surface area contributed by atoms with Gasteiger partial charge >= 0.3 is 12.0 Å². The molecule has 110 valence electrons. The minimum absolute atomic E-state index is 0.345. The number of aliphatic carboxylic acids is 1. The van der Waals surface area contributed by atoms with Crippen LogP contribution in [0.3, 0.4) is 0 Å². The maximum Gasteiger partial charge on any atom is 0.326 e. The van der Waals surface area contributed by atoms with E-state index in [1.165, 1.54) is 5.56 Å². The Labute approximate surface area is 119 Å². The van der Waals surface area contributed by atoms with Gasteiger partial charge in [-0.15, -0.1) is 0 Å². The first-order chi connectivity index (χ1) is 9.54. The van der Waals surface area contributed by atoms with Crippen LogP contribution < -0.4 is 10.6 Å². The van der Waals surface area contributed by atoms with Gasteiger partial charge in [-0.3, -0.25) is 0 Å². The van der Waals surface area contributed by atoms with Crippen molar-refractivity contribution in [2.24, 2.45) is 0 Å². The van der Waals surface area contributed by atoms with Crippen LogP contribution in [0.4, 0.5) is 4.79 Å². The molecule has 1 rings (SSSR count). The summed E-state index contributed by atoms with van der Waals surface area (Å²) in [5.74, 6) is -0.668. The molecule has 2 amide bonds. The monoisotopic (exact) mass is 278 g/mol. The summed E-state index contributed by atoms with van der Waals surface area (Å²) in [6.45, 7) is 4.33. The normalized spacial score (nSPS) is 13.3. The Morgan fingerprint density at radius 2 is 1.90 bits per heavy atom. The molecule has 20 heavy (non-hydrogen) atoms. The lowest BCUT2D eigenvalue weighted by Gasteiger charge is -2.15. The number of amides is 2. The molecular weight excluding hydrogens is 256 g/mol. The summed E-state index contributed by atoms with van der Waals surface area (Å²) in [5.41, 5.74) is 1.23. The van der Waals surface area contributed by atoms with Gasteiger partial charge in [0.25, 0.3) is 0 Å². The largest absolute Gasteiger partial charge is 0.480 e. The quantitative estimate of drug-likeness (QED) is 0.716. The van der Waals surface area contributed by atoms with Gasteiger partial charge in [0.15, 0.2) is 0 Å². The molecule has 1 aromatic carbocycles. The molecular formula is C15H22N2O3. The molecule has 0 saturated heterocycles. The number of nitrogens with one attached hydrogen (secondary N) is 2. The first-order valence-corrected chi connectivity index (χ1v) is 6.86. The molecule has 0 fully saturated rings. The number of hydrogen-bond donors (Lipinski definition) is 3. The van der Waals surface area contributed by atoms with Crippen LogP contribution in [0.25, 0.3) is 0 Å². The molecule has 0 aliphatic rings. The van der Waals surface area contributed by atoms with Crippen LogP contribution in [0, 0.1) is 0 Å².